The van der Waals surface area contributed by atoms with E-state index in [-0.39, 0.29) is 0 Å². The molecule has 0 spiro atoms. The van der Waals surface area contributed by atoms with Crippen LogP contribution in [0.5, 0.6) is 5.88 Å². The summed E-state index contributed by atoms with van der Waals surface area (Å²) in [5.41, 5.74) is 2.70. The van der Waals surface area contributed by atoms with Gasteiger partial charge in [0, 0.05) is 49.5 Å². The molecule has 4 rings (SSSR count). The molecule has 0 bridgehead atoms. The molecule has 1 fully saturated rings. The van der Waals surface area contributed by atoms with E-state index in [1.54, 1.807) is 0 Å². The second-order valence-corrected chi connectivity index (χ2v) is 7.95. The van der Waals surface area contributed by atoms with Gasteiger partial charge in [0.2, 0.25) is 5.88 Å². The number of ether oxygens (including phenoxy) is 1. The zero-order valence-electron chi connectivity index (χ0n) is 17.4. The van der Waals surface area contributed by atoms with Gasteiger partial charge in [-0.3, -0.25) is 4.90 Å². The molecule has 0 atom stereocenters. The maximum Gasteiger partial charge on any atom is 0.213 e. The number of fused-ring (bicyclic) bond motifs is 1. The molecule has 1 aliphatic rings. The molecule has 4 heteroatoms. The van der Waals surface area contributed by atoms with Gasteiger partial charge in [0.1, 0.15) is 0 Å². The number of hydrogen-bond donors (Lipinski definition) is 0. The van der Waals surface area contributed by atoms with E-state index in [0.29, 0.717) is 0 Å². The lowest BCUT2D eigenvalue weighted by Crippen LogP contribution is -2.46. The Morgan fingerprint density at radius 3 is 2.52 bits per heavy atom. The molecule has 0 N–H and O–H groups in total. The van der Waals surface area contributed by atoms with E-state index in [4.69, 9.17) is 4.74 Å². The molecule has 0 amide bonds. The van der Waals surface area contributed by atoms with E-state index < -0.39 is 0 Å². The largest absolute Gasteiger partial charge is 0.478 e. The number of benzene rings is 2. The monoisotopic (exact) mass is 389 g/mol. The van der Waals surface area contributed by atoms with Crippen molar-refractivity contribution >= 4 is 16.5 Å². The van der Waals surface area contributed by atoms with Gasteiger partial charge in [0.15, 0.2) is 0 Å². The third-order valence-corrected chi connectivity index (χ3v) is 5.71. The van der Waals surface area contributed by atoms with Crippen molar-refractivity contribution in [2.45, 2.75) is 26.2 Å². The second-order valence-electron chi connectivity index (χ2n) is 7.95. The Kier molecular flexibility index (Phi) is 6.63. The van der Waals surface area contributed by atoms with Crippen LogP contribution in [-0.4, -0.2) is 49.2 Å². The Morgan fingerprint density at radius 2 is 1.69 bits per heavy atom. The molecule has 1 aromatic heterocycles. The van der Waals surface area contributed by atoms with E-state index >= 15 is 0 Å². The Hall–Kier alpha value is -2.59. The SMILES string of the molecule is Cc1cccc(N2CCN(CCCCCOc3cc4ccccc4cn3)CC2)c1. The Morgan fingerprint density at radius 1 is 0.862 bits per heavy atom. The summed E-state index contributed by atoms with van der Waals surface area (Å²) in [6, 6.07) is 19.1. The fraction of sp³-hybridized carbons (Fsp3) is 0.400. The van der Waals surface area contributed by atoms with Crippen LogP contribution in [0.1, 0.15) is 24.8 Å². The van der Waals surface area contributed by atoms with Gasteiger partial charge in [-0.1, -0.05) is 36.4 Å². The van der Waals surface area contributed by atoms with Gasteiger partial charge in [-0.15, -0.1) is 0 Å². The first-order chi connectivity index (χ1) is 14.3. The number of anilines is 1. The van der Waals surface area contributed by atoms with Crippen molar-refractivity contribution < 1.29 is 4.74 Å². The predicted octanol–water partition coefficient (Wildman–Crippen LogP) is 4.91. The van der Waals surface area contributed by atoms with Gasteiger partial charge in [-0.05, 0) is 55.8 Å². The van der Waals surface area contributed by atoms with Gasteiger partial charge in [0.25, 0.3) is 0 Å². The average molecular weight is 390 g/mol. The summed E-state index contributed by atoms with van der Waals surface area (Å²) >= 11 is 0. The van der Waals surface area contributed by atoms with Crippen LogP contribution in [0.25, 0.3) is 10.8 Å². The number of pyridine rings is 1. The van der Waals surface area contributed by atoms with Gasteiger partial charge in [-0.25, -0.2) is 4.98 Å². The minimum absolute atomic E-state index is 0.732. The molecular weight excluding hydrogens is 358 g/mol. The predicted molar refractivity (Wildman–Crippen MR) is 121 cm³/mol. The Balaban J connectivity index is 1.11. The van der Waals surface area contributed by atoms with Crippen molar-refractivity contribution in [2.75, 3.05) is 44.2 Å². The van der Waals surface area contributed by atoms with Crippen LogP contribution in [-0.2, 0) is 0 Å². The van der Waals surface area contributed by atoms with Crippen molar-refractivity contribution in [3.05, 3.63) is 66.4 Å². The first-order valence-electron chi connectivity index (χ1n) is 10.8. The van der Waals surface area contributed by atoms with Crippen LogP contribution in [0.4, 0.5) is 5.69 Å². The summed E-state index contributed by atoms with van der Waals surface area (Å²) in [7, 11) is 0. The van der Waals surface area contributed by atoms with Crippen LogP contribution in [0.15, 0.2) is 60.8 Å². The van der Waals surface area contributed by atoms with Crippen LogP contribution in [0.2, 0.25) is 0 Å². The number of aryl methyl sites for hydroxylation is 1. The highest BCUT2D eigenvalue weighted by Crippen LogP contribution is 2.19. The van der Waals surface area contributed by atoms with E-state index in [1.165, 1.54) is 36.0 Å². The van der Waals surface area contributed by atoms with Crippen molar-refractivity contribution in [3.8, 4) is 5.88 Å². The van der Waals surface area contributed by atoms with Crippen LogP contribution < -0.4 is 9.64 Å². The zero-order valence-corrected chi connectivity index (χ0v) is 17.4. The minimum atomic E-state index is 0.732. The van der Waals surface area contributed by atoms with Gasteiger partial charge < -0.3 is 9.64 Å². The lowest BCUT2D eigenvalue weighted by atomic mass is 10.2. The fourth-order valence-corrected chi connectivity index (χ4v) is 3.99. The molecule has 0 radical (unpaired) electrons. The maximum absolute atomic E-state index is 5.85. The minimum Gasteiger partial charge on any atom is -0.478 e. The first kappa shape index (κ1) is 19.7. The fourth-order valence-electron chi connectivity index (χ4n) is 3.99. The van der Waals surface area contributed by atoms with Crippen molar-refractivity contribution in [1.29, 1.82) is 0 Å². The molecule has 0 saturated carbocycles. The Bertz CT molecular complexity index is 919. The van der Waals surface area contributed by atoms with E-state index in [2.05, 4.69) is 58.1 Å². The molecule has 0 aliphatic carbocycles. The molecule has 2 aromatic carbocycles. The summed E-state index contributed by atoms with van der Waals surface area (Å²) in [6.45, 7) is 8.67. The Labute approximate surface area is 174 Å². The molecule has 0 unspecified atom stereocenters. The van der Waals surface area contributed by atoms with E-state index in [9.17, 15) is 0 Å². The van der Waals surface area contributed by atoms with Gasteiger partial charge in [-0.2, -0.15) is 0 Å². The smallest absolute Gasteiger partial charge is 0.213 e. The molecule has 3 aromatic rings. The molecule has 4 nitrogen and oxygen atoms in total. The lowest BCUT2D eigenvalue weighted by Gasteiger charge is -2.36. The van der Waals surface area contributed by atoms with E-state index in [0.717, 1.165) is 50.5 Å². The quantitative estimate of drug-likeness (QED) is 0.512. The third-order valence-electron chi connectivity index (χ3n) is 5.71. The van der Waals surface area contributed by atoms with Crippen molar-refractivity contribution in [2.24, 2.45) is 0 Å². The summed E-state index contributed by atoms with van der Waals surface area (Å²) in [5.74, 6) is 0.732. The maximum atomic E-state index is 5.85. The summed E-state index contributed by atoms with van der Waals surface area (Å²) < 4.78 is 5.85. The lowest BCUT2D eigenvalue weighted by molar-refractivity contribution is 0.245. The molecule has 1 aliphatic heterocycles. The number of unbranched alkanes of at least 4 members (excludes halogenated alkanes) is 2. The van der Waals surface area contributed by atoms with Crippen LogP contribution >= 0.6 is 0 Å². The number of piperazine rings is 1. The van der Waals surface area contributed by atoms with Gasteiger partial charge in [0.05, 0.1) is 6.61 Å². The molecule has 152 valence electrons. The number of rotatable bonds is 8. The standard InChI is InChI=1S/C25H31N3O/c1-21-8-7-11-24(18-21)28-15-13-27(14-16-28)12-5-2-6-17-29-25-19-22-9-3-4-10-23(22)20-26-25/h3-4,7-11,18-20H,2,5-6,12-17H2,1H3. The molecular formula is C25H31N3O. The van der Waals surface area contributed by atoms with Crippen LogP contribution in [0.3, 0.4) is 0 Å². The highest BCUT2D eigenvalue weighted by atomic mass is 16.5. The number of nitrogens with zero attached hydrogens (tertiary/aromatic N) is 3. The van der Waals surface area contributed by atoms with Crippen molar-refractivity contribution in [3.63, 3.8) is 0 Å². The summed E-state index contributed by atoms with van der Waals surface area (Å²) in [6.07, 6.45) is 5.41. The zero-order chi connectivity index (χ0) is 19.9. The van der Waals surface area contributed by atoms with Crippen molar-refractivity contribution in [1.82, 2.24) is 9.88 Å². The van der Waals surface area contributed by atoms with Crippen LogP contribution in [0, 0.1) is 6.92 Å². The van der Waals surface area contributed by atoms with Gasteiger partial charge >= 0.3 is 0 Å². The normalized spacial score (nSPS) is 15.0. The summed E-state index contributed by atoms with van der Waals surface area (Å²) in [5, 5.41) is 2.34. The number of aromatic nitrogens is 1. The second kappa shape index (κ2) is 9.75. The molecule has 29 heavy (non-hydrogen) atoms. The highest BCUT2D eigenvalue weighted by molar-refractivity contribution is 5.82. The molecule has 2 heterocycles. The van der Waals surface area contributed by atoms with E-state index in [1.807, 2.05) is 24.4 Å². The number of hydrogen-bond acceptors (Lipinski definition) is 4. The third kappa shape index (κ3) is 5.48. The summed E-state index contributed by atoms with van der Waals surface area (Å²) in [4.78, 5) is 9.50. The topological polar surface area (TPSA) is 28.6 Å². The average Bonchev–Trinajstić information content (AvgIpc) is 2.76. The molecule has 1 saturated heterocycles. The highest BCUT2D eigenvalue weighted by Gasteiger charge is 2.16. The first-order valence-corrected chi connectivity index (χ1v) is 10.8.